The number of hydrogen-bond acceptors (Lipinski definition) is 5. The molecular weight excluding hydrogens is 358 g/mol. The summed E-state index contributed by atoms with van der Waals surface area (Å²) in [6.45, 7) is 6.21. The highest BCUT2D eigenvalue weighted by Gasteiger charge is 2.17. The number of rotatable bonds is 8. The van der Waals surface area contributed by atoms with Crippen LogP contribution in [0, 0.1) is 0 Å². The van der Waals surface area contributed by atoms with Gasteiger partial charge in [0.1, 0.15) is 0 Å². The quantitative estimate of drug-likeness (QED) is 0.606. The molecule has 3 rings (SSSR count). The van der Waals surface area contributed by atoms with E-state index >= 15 is 0 Å². The van der Waals surface area contributed by atoms with Crippen molar-refractivity contribution >= 4 is 23.4 Å². The number of hydrogen-bond donors (Lipinski definition) is 1. The molecule has 0 saturated carbocycles. The van der Waals surface area contributed by atoms with Gasteiger partial charge in [0, 0.05) is 30.0 Å². The average Bonchev–Trinajstić information content (AvgIpc) is 3.12. The van der Waals surface area contributed by atoms with Crippen molar-refractivity contribution < 1.29 is 4.79 Å². The Morgan fingerprint density at radius 2 is 1.70 bits per heavy atom. The Kier molecular flexibility index (Phi) is 6.13. The van der Waals surface area contributed by atoms with Gasteiger partial charge in [-0.15, -0.1) is 10.2 Å². The van der Waals surface area contributed by atoms with E-state index < -0.39 is 0 Å². The van der Waals surface area contributed by atoms with Crippen LogP contribution < -0.4 is 10.6 Å². The minimum atomic E-state index is -0.382. The molecule has 0 atom stereocenters. The second-order valence-electron chi connectivity index (χ2n) is 5.95. The van der Waals surface area contributed by atoms with Crippen molar-refractivity contribution in [2.24, 2.45) is 5.73 Å². The number of amides is 1. The summed E-state index contributed by atoms with van der Waals surface area (Å²) in [5, 5.41) is 9.31. The fourth-order valence-corrected chi connectivity index (χ4v) is 3.60. The SMILES string of the molecule is CCN(CC)c1ccc(-c2nnc(SCC(N)=O)n2-c2ccccc2)cc1. The first-order valence-electron chi connectivity index (χ1n) is 8.91. The molecule has 7 heteroatoms. The number of aromatic nitrogens is 3. The van der Waals surface area contributed by atoms with Crippen molar-refractivity contribution in [3.05, 3.63) is 54.6 Å². The Hall–Kier alpha value is -2.80. The van der Waals surface area contributed by atoms with Gasteiger partial charge in [-0.2, -0.15) is 0 Å². The van der Waals surface area contributed by atoms with E-state index in [1.807, 2.05) is 34.9 Å². The molecule has 2 aromatic carbocycles. The number of primary amides is 1. The van der Waals surface area contributed by atoms with Crippen LogP contribution in [0.1, 0.15) is 13.8 Å². The minimum Gasteiger partial charge on any atom is -0.372 e. The van der Waals surface area contributed by atoms with Crippen LogP contribution in [-0.2, 0) is 4.79 Å². The van der Waals surface area contributed by atoms with E-state index in [4.69, 9.17) is 5.73 Å². The van der Waals surface area contributed by atoms with E-state index in [1.54, 1.807) is 0 Å². The van der Waals surface area contributed by atoms with Crippen molar-refractivity contribution in [2.75, 3.05) is 23.7 Å². The summed E-state index contributed by atoms with van der Waals surface area (Å²) in [5.41, 5.74) is 8.38. The normalized spacial score (nSPS) is 10.7. The molecular formula is C20H23N5OS. The molecule has 0 unspecified atom stereocenters. The van der Waals surface area contributed by atoms with Gasteiger partial charge in [-0.05, 0) is 50.2 Å². The molecule has 0 aliphatic rings. The molecule has 2 N–H and O–H groups in total. The molecule has 1 amide bonds. The minimum absolute atomic E-state index is 0.159. The number of para-hydroxylation sites is 1. The van der Waals surface area contributed by atoms with Gasteiger partial charge >= 0.3 is 0 Å². The Balaban J connectivity index is 2.01. The number of carbonyl (C=O) groups is 1. The number of anilines is 1. The highest BCUT2D eigenvalue weighted by atomic mass is 32.2. The van der Waals surface area contributed by atoms with Crippen LogP contribution in [0.4, 0.5) is 5.69 Å². The van der Waals surface area contributed by atoms with Gasteiger partial charge in [0.25, 0.3) is 0 Å². The summed E-state index contributed by atoms with van der Waals surface area (Å²) in [7, 11) is 0. The van der Waals surface area contributed by atoms with E-state index in [9.17, 15) is 4.79 Å². The Labute approximate surface area is 163 Å². The lowest BCUT2D eigenvalue weighted by Gasteiger charge is -2.21. The molecule has 3 aromatic rings. The lowest BCUT2D eigenvalue weighted by Crippen LogP contribution is -2.21. The van der Waals surface area contributed by atoms with Crippen LogP contribution in [0.5, 0.6) is 0 Å². The van der Waals surface area contributed by atoms with E-state index in [-0.39, 0.29) is 11.7 Å². The van der Waals surface area contributed by atoms with Crippen molar-refractivity contribution in [1.82, 2.24) is 14.8 Å². The maximum absolute atomic E-state index is 11.2. The molecule has 6 nitrogen and oxygen atoms in total. The predicted octanol–water partition coefficient (Wildman–Crippen LogP) is 3.36. The third-order valence-corrected chi connectivity index (χ3v) is 5.20. The molecule has 1 heterocycles. The number of thioether (sulfide) groups is 1. The van der Waals surface area contributed by atoms with Crippen LogP contribution in [-0.4, -0.2) is 39.5 Å². The van der Waals surface area contributed by atoms with E-state index in [1.165, 1.54) is 17.4 Å². The third kappa shape index (κ3) is 4.31. The molecule has 0 spiro atoms. The second-order valence-corrected chi connectivity index (χ2v) is 6.89. The zero-order valence-electron chi connectivity index (χ0n) is 15.5. The first kappa shape index (κ1) is 19.0. The van der Waals surface area contributed by atoms with Gasteiger partial charge in [0.15, 0.2) is 11.0 Å². The largest absolute Gasteiger partial charge is 0.372 e. The standard InChI is InChI=1S/C20H23N5OS/c1-3-24(4-2)16-12-10-15(11-13-16)19-22-23-20(27-14-18(21)26)25(19)17-8-6-5-7-9-17/h5-13H,3-4,14H2,1-2H3,(H2,21,26). The Morgan fingerprint density at radius 3 is 2.30 bits per heavy atom. The van der Waals surface area contributed by atoms with Crippen molar-refractivity contribution in [1.29, 1.82) is 0 Å². The molecule has 0 bridgehead atoms. The first-order valence-corrected chi connectivity index (χ1v) is 9.90. The number of benzene rings is 2. The highest BCUT2D eigenvalue weighted by Crippen LogP contribution is 2.29. The zero-order chi connectivity index (χ0) is 19.2. The summed E-state index contributed by atoms with van der Waals surface area (Å²) in [6.07, 6.45) is 0. The monoisotopic (exact) mass is 381 g/mol. The topological polar surface area (TPSA) is 77.0 Å². The molecule has 0 saturated heterocycles. The number of carbonyl (C=O) groups excluding carboxylic acids is 1. The van der Waals surface area contributed by atoms with E-state index in [0.29, 0.717) is 5.16 Å². The van der Waals surface area contributed by atoms with Crippen LogP contribution in [0.3, 0.4) is 0 Å². The molecule has 0 fully saturated rings. The van der Waals surface area contributed by atoms with Crippen LogP contribution >= 0.6 is 11.8 Å². The van der Waals surface area contributed by atoms with Gasteiger partial charge in [-0.25, -0.2) is 0 Å². The van der Waals surface area contributed by atoms with Crippen molar-refractivity contribution in [3.63, 3.8) is 0 Å². The summed E-state index contributed by atoms with van der Waals surface area (Å²) in [4.78, 5) is 13.5. The summed E-state index contributed by atoms with van der Waals surface area (Å²) in [5.74, 6) is 0.512. The third-order valence-electron chi connectivity index (χ3n) is 4.25. The summed E-state index contributed by atoms with van der Waals surface area (Å²) >= 11 is 1.29. The smallest absolute Gasteiger partial charge is 0.227 e. The summed E-state index contributed by atoms with van der Waals surface area (Å²) in [6, 6.07) is 18.2. The summed E-state index contributed by atoms with van der Waals surface area (Å²) < 4.78 is 1.96. The molecule has 27 heavy (non-hydrogen) atoms. The predicted molar refractivity (Wildman–Crippen MR) is 110 cm³/mol. The van der Waals surface area contributed by atoms with Crippen LogP contribution in [0.25, 0.3) is 17.1 Å². The van der Waals surface area contributed by atoms with Crippen molar-refractivity contribution in [3.8, 4) is 17.1 Å². The fraction of sp³-hybridized carbons (Fsp3) is 0.250. The van der Waals surface area contributed by atoms with Gasteiger partial charge in [-0.1, -0.05) is 30.0 Å². The van der Waals surface area contributed by atoms with Crippen LogP contribution in [0.15, 0.2) is 59.8 Å². The van der Waals surface area contributed by atoms with Gasteiger partial charge in [-0.3, -0.25) is 9.36 Å². The lowest BCUT2D eigenvalue weighted by atomic mass is 10.1. The molecule has 140 valence electrons. The Morgan fingerprint density at radius 1 is 1.04 bits per heavy atom. The van der Waals surface area contributed by atoms with Gasteiger partial charge in [0.2, 0.25) is 5.91 Å². The van der Waals surface area contributed by atoms with Gasteiger partial charge in [0.05, 0.1) is 5.75 Å². The van der Waals surface area contributed by atoms with Crippen molar-refractivity contribution in [2.45, 2.75) is 19.0 Å². The zero-order valence-corrected chi connectivity index (χ0v) is 16.3. The maximum atomic E-state index is 11.2. The second kappa shape index (κ2) is 8.73. The van der Waals surface area contributed by atoms with E-state index in [2.05, 4.69) is 53.2 Å². The van der Waals surface area contributed by atoms with E-state index in [0.717, 1.165) is 30.2 Å². The Bertz CT molecular complexity index is 888. The first-order chi connectivity index (χ1) is 13.1. The fourth-order valence-electron chi connectivity index (χ4n) is 2.91. The van der Waals surface area contributed by atoms with Gasteiger partial charge < -0.3 is 10.6 Å². The highest BCUT2D eigenvalue weighted by molar-refractivity contribution is 7.99. The number of nitrogens with two attached hydrogens (primary N) is 1. The molecule has 1 aromatic heterocycles. The maximum Gasteiger partial charge on any atom is 0.227 e. The molecule has 0 aliphatic carbocycles. The number of nitrogens with zero attached hydrogens (tertiary/aromatic N) is 4. The molecule has 0 aliphatic heterocycles. The average molecular weight is 382 g/mol. The lowest BCUT2D eigenvalue weighted by molar-refractivity contribution is -0.115. The molecule has 0 radical (unpaired) electrons. The van der Waals surface area contributed by atoms with Crippen LogP contribution in [0.2, 0.25) is 0 Å².